The van der Waals surface area contributed by atoms with Crippen molar-refractivity contribution < 1.29 is 19.1 Å². The largest absolute Gasteiger partial charge is 0.480 e. The zero-order valence-corrected chi connectivity index (χ0v) is 11.6. The van der Waals surface area contributed by atoms with E-state index in [1.807, 2.05) is 0 Å². The Hall–Kier alpha value is -1.82. The number of hydrogen-bond acceptors (Lipinski definition) is 4. The number of carboxylic acids is 1. The highest BCUT2D eigenvalue weighted by atomic mass is 16.4. The predicted molar refractivity (Wildman–Crippen MR) is 72.0 cm³/mol. The number of likely N-dealkylation sites (tertiary alicyclic amines) is 1. The Kier molecular flexibility index (Phi) is 4.44. The van der Waals surface area contributed by atoms with Gasteiger partial charge < -0.3 is 14.8 Å². The summed E-state index contributed by atoms with van der Waals surface area (Å²) in [4.78, 5) is 25.1. The topological polar surface area (TPSA) is 82.8 Å². The number of nitrogens with zero attached hydrogens (tertiary/aromatic N) is 1. The normalized spacial score (nSPS) is 23.4. The Morgan fingerprint density at radius 3 is 2.95 bits per heavy atom. The smallest absolute Gasteiger partial charge is 0.323 e. The van der Waals surface area contributed by atoms with Crippen LogP contribution in [0.25, 0.3) is 0 Å². The first-order chi connectivity index (χ1) is 9.52. The first kappa shape index (κ1) is 14.6. The third-order valence-corrected chi connectivity index (χ3v) is 3.87. The fourth-order valence-electron chi connectivity index (χ4n) is 2.50. The van der Waals surface area contributed by atoms with E-state index in [2.05, 4.69) is 5.32 Å². The summed E-state index contributed by atoms with van der Waals surface area (Å²) in [6.07, 6.45) is 3.93. The average Bonchev–Trinajstić information content (AvgIpc) is 2.92. The maximum absolute atomic E-state index is 11.9. The Labute approximate surface area is 117 Å². The molecule has 1 atom stereocenters. The second-order valence-corrected chi connectivity index (χ2v) is 5.31. The van der Waals surface area contributed by atoms with Gasteiger partial charge in [0.05, 0.1) is 19.4 Å². The summed E-state index contributed by atoms with van der Waals surface area (Å²) in [6.45, 7) is 2.75. The first-order valence-corrected chi connectivity index (χ1v) is 6.80. The Morgan fingerprint density at radius 2 is 2.30 bits per heavy atom. The number of rotatable bonds is 5. The molecule has 20 heavy (non-hydrogen) atoms. The molecule has 2 heterocycles. The summed E-state index contributed by atoms with van der Waals surface area (Å²) in [6, 6.07) is 3.54. The van der Waals surface area contributed by atoms with E-state index in [0.717, 1.165) is 12.8 Å². The van der Waals surface area contributed by atoms with Gasteiger partial charge in [-0.25, -0.2) is 0 Å². The molecule has 6 nitrogen and oxygen atoms in total. The highest BCUT2D eigenvalue weighted by Crippen LogP contribution is 2.27. The quantitative estimate of drug-likeness (QED) is 0.847. The molecule has 0 aromatic carbocycles. The molecule has 1 aromatic rings. The molecule has 6 heteroatoms. The Bertz CT molecular complexity index is 472. The molecule has 110 valence electrons. The van der Waals surface area contributed by atoms with Gasteiger partial charge in [-0.05, 0) is 44.9 Å². The van der Waals surface area contributed by atoms with E-state index in [4.69, 9.17) is 4.42 Å². The van der Waals surface area contributed by atoms with Gasteiger partial charge in [0.25, 0.3) is 0 Å². The van der Waals surface area contributed by atoms with Crippen molar-refractivity contribution in [2.24, 2.45) is 0 Å². The molecule has 1 fully saturated rings. The fourth-order valence-corrected chi connectivity index (χ4v) is 2.50. The molecular weight excluding hydrogens is 260 g/mol. The van der Waals surface area contributed by atoms with Gasteiger partial charge in [0.2, 0.25) is 5.91 Å². The van der Waals surface area contributed by atoms with Crippen molar-refractivity contribution in [2.75, 3.05) is 13.1 Å². The summed E-state index contributed by atoms with van der Waals surface area (Å²) < 4.78 is 5.13. The number of amides is 1. The fraction of sp³-hybridized carbons (Fsp3) is 0.571. The van der Waals surface area contributed by atoms with E-state index >= 15 is 0 Å². The van der Waals surface area contributed by atoms with Crippen LogP contribution in [0, 0.1) is 0 Å². The summed E-state index contributed by atoms with van der Waals surface area (Å²) >= 11 is 0. The molecule has 2 N–H and O–H groups in total. The van der Waals surface area contributed by atoms with Crippen molar-refractivity contribution in [3.05, 3.63) is 24.2 Å². The van der Waals surface area contributed by atoms with Gasteiger partial charge in [0, 0.05) is 0 Å². The maximum Gasteiger partial charge on any atom is 0.323 e. The highest BCUT2D eigenvalue weighted by molar-refractivity contribution is 5.82. The van der Waals surface area contributed by atoms with Crippen LogP contribution < -0.4 is 5.32 Å². The average molecular weight is 280 g/mol. The van der Waals surface area contributed by atoms with Gasteiger partial charge in [-0.15, -0.1) is 0 Å². The molecule has 1 unspecified atom stereocenters. The lowest BCUT2D eigenvalue weighted by molar-refractivity contribution is -0.153. The lowest BCUT2D eigenvalue weighted by Crippen LogP contribution is -2.57. The highest BCUT2D eigenvalue weighted by Gasteiger charge is 2.41. The number of carbonyl (C=O) groups excluding carboxylic acids is 1. The molecule has 0 spiro atoms. The van der Waals surface area contributed by atoms with Gasteiger partial charge in [0.15, 0.2) is 0 Å². The van der Waals surface area contributed by atoms with Crippen LogP contribution in [-0.2, 0) is 16.1 Å². The minimum Gasteiger partial charge on any atom is -0.480 e. The van der Waals surface area contributed by atoms with Crippen LogP contribution in [0.15, 0.2) is 22.8 Å². The summed E-state index contributed by atoms with van der Waals surface area (Å²) in [5.41, 5.74) is -0.944. The Morgan fingerprint density at radius 1 is 1.50 bits per heavy atom. The van der Waals surface area contributed by atoms with Crippen LogP contribution in [0.5, 0.6) is 0 Å². The molecule has 0 aliphatic carbocycles. The molecule has 1 aliphatic heterocycles. The molecule has 1 aromatic heterocycles. The molecule has 1 aliphatic rings. The van der Waals surface area contributed by atoms with Gasteiger partial charge >= 0.3 is 5.97 Å². The van der Waals surface area contributed by atoms with Crippen LogP contribution in [-0.4, -0.2) is 40.5 Å². The van der Waals surface area contributed by atoms with Crippen molar-refractivity contribution in [3.8, 4) is 0 Å². The first-order valence-electron chi connectivity index (χ1n) is 6.80. The zero-order chi connectivity index (χ0) is 14.6. The van der Waals surface area contributed by atoms with E-state index in [1.165, 1.54) is 0 Å². The third-order valence-electron chi connectivity index (χ3n) is 3.87. The van der Waals surface area contributed by atoms with Gasteiger partial charge in [0.1, 0.15) is 11.3 Å². The molecule has 1 saturated heterocycles. The molecule has 2 rings (SSSR count). The van der Waals surface area contributed by atoms with Crippen molar-refractivity contribution in [2.45, 2.75) is 38.3 Å². The van der Waals surface area contributed by atoms with Crippen molar-refractivity contribution in [1.29, 1.82) is 0 Å². The van der Waals surface area contributed by atoms with Crippen LogP contribution in [0.4, 0.5) is 0 Å². The predicted octanol–water partition coefficient (Wildman–Crippen LogP) is 1.22. The monoisotopic (exact) mass is 280 g/mol. The van der Waals surface area contributed by atoms with Gasteiger partial charge in [-0.2, -0.15) is 0 Å². The lowest BCUT2D eigenvalue weighted by atomic mass is 9.88. The number of furan rings is 1. The van der Waals surface area contributed by atoms with Crippen LogP contribution in [0.1, 0.15) is 31.9 Å². The van der Waals surface area contributed by atoms with E-state index in [-0.39, 0.29) is 12.5 Å². The SMILES string of the molecule is CC1(C(=O)O)CCCCN1CC(=O)NCc1ccco1. The molecule has 1 amide bonds. The van der Waals surface area contributed by atoms with Crippen molar-refractivity contribution in [1.82, 2.24) is 10.2 Å². The number of nitrogens with one attached hydrogen (secondary N) is 1. The minimum absolute atomic E-state index is 0.101. The number of carboxylic acid groups (broad SMARTS) is 1. The van der Waals surface area contributed by atoms with Crippen LogP contribution in [0.3, 0.4) is 0 Å². The van der Waals surface area contributed by atoms with Gasteiger partial charge in [-0.3, -0.25) is 14.5 Å². The zero-order valence-electron chi connectivity index (χ0n) is 11.6. The number of hydrogen-bond donors (Lipinski definition) is 2. The van der Waals surface area contributed by atoms with E-state index in [9.17, 15) is 14.7 Å². The summed E-state index contributed by atoms with van der Waals surface area (Å²) in [5.74, 6) is -0.371. The lowest BCUT2D eigenvalue weighted by Gasteiger charge is -2.41. The second-order valence-electron chi connectivity index (χ2n) is 5.31. The standard InChI is InChI=1S/C14H20N2O4/c1-14(13(18)19)6-2-3-7-16(14)10-12(17)15-9-11-5-4-8-20-11/h4-5,8H,2-3,6-7,9-10H2,1H3,(H,15,17)(H,18,19). The van der Waals surface area contributed by atoms with E-state index in [1.54, 1.807) is 30.2 Å². The number of aliphatic carboxylic acids is 1. The minimum atomic E-state index is -0.944. The molecule has 0 bridgehead atoms. The molecular formula is C14H20N2O4. The molecule has 0 radical (unpaired) electrons. The summed E-state index contributed by atoms with van der Waals surface area (Å²) in [7, 11) is 0. The van der Waals surface area contributed by atoms with Crippen LogP contribution in [0.2, 0.25) is 0 Å². The summed E-state index contributed by atoms with van der Waals surface area (Å²) in [5, 5.41) is 12.1. The van der Waals surface area contributed by atoms with Crippen LogP contribution >= 0.6 is 0 Å². The second kappa shape index (κ2) is 6.09. The van der Waals surface area contributed by atoms with E-state index in [0.29, 0.717) is 25.3 Å². The number of carbonyl (C=O) groups is 2. The molecule has 0 saturated carbocycles. The van der Waals surface area contributed by atoms with Crippen molar-refractivity contribution >= 4 is 11.9 Å². The van der Waals surface area contributed by atoms with E-state index < -0.39 is 11.5 Å². The number of piperidine rings is 1. The Balaban J connectivity index is 1.90. The third kappa shape index (κ3) is 3.19. The van der Waals surface area contributed by atoms with Gasteiger partial charge in [-0.1, -0.05) is 0 Å². The maximum atomic E-state index is 11.9. The van der Waals surface area contributed by atoms with Crippen molar-refractivity contribution in [3.63, 3.8) is 0 Å².